The average Bonchev–Trinajstić information content (AvgIpc) is 2.70. The van der Waals surface area contributed by atoms with Gasteiger partial charge in [-0.25, -0.2) is 0 Å². The number of aliphatic hydroxyl groups excluding tert-OH is 1. The minimum Gasteiger partial charge on any atom is -0.384 e. The molecule has 0 saturated heterocycles. The van der Waals surface area contributed by atoms with E-state index in [9.17, 15) is 18.3 Å². The van der Waals surface area contributed by atoms with Gasteiger partial charge in [0.15, 0.2) is 6.10 Å². The van der Waals surface area contributed by atoms with E-state index < -0.39 is 19.5 Å². The molecule has 0 fully saturated rings. The highest BCUT2D eigenvalue weighted by Gasteiger charge is 2.48. The minimum absolute atomic E-state index is 0.242. The number of benzene rings is 3. The van der Waals surface area contributed by atoms with Gasteiger partial charge in [0.05, 0.1) is 6.16 Å². The van der Waals surface area contributed by atoms with Crippen LogP contribution in [-0.2, 0) is 0 Å². The Hall–Kier alpha value is -2.16. The maximum absolute atomic E-state index is 13.0. The van der Waals surface area contributed by atoms with Gasteiger partial charge in [-0.2, -0.15) is 13.2 Å². The number of hydrogen-bond donors (Lipinski definition) is 1. The van der Waals surface area contributed by atoms with E-state index in [1.54, 1.807) is 0 Å². The second-order valence-corrected chi connectivity index (χ2v) is 10.0. The molecule has 1 N–H and O–H groups in total. The summed E-state index contributed by atoms with van der Waals surface area (Å²) in [5.74, 6) is 0. The van der Waals surface area contributed by atoms with Crippen LogP contribution in [0.3, 0.4) is 0 Å². The van der Waals surface area contributed by atoms with Crippen LogP contribution < -0.4 is 15.9 Å². The lowest BCUT2D eigenvalue weighted by atomic mass is 10.3. The lowest BCUT2D eigenvalue weighted by Crippen LogP contribution is -2.36. The molecular formula is C22H21F3OP+. The van der Waals surface area contributed by atoms with Crippen LogP contribution in [0, 0.1) is 0 Å². The summed E-state index contributed by atoms with van der Waals surface area (Å²) in [4.78, 5) is 0. The van der Waals surface area contributed by atoms with Gasteiger partial charge in [-0.15, -0.1) is 0 Å². The maximum Gasteiger partial charge on any atom is 0.414 e. The Morgan fingerprint density at radius 3 is 1.30 bits per heavy atom. The van der Waals surface area contributed by atoms with Gasteiger partial charge in [0.25, 0.3) is 0 Å². The molecule has 0 bridgehead atoms. The summed E-state index contributed by atoms with van der Waals surface area (Å²) in [6.07, 6.45) is -7.03. The van der Waals surface area contributed by atoms with Gasteiger partial charge < -0.3 is 5.11 Å². The van der Waals surface area contributed by atoms with Crippen LogP contribution in [0.1, 0.15) is 6.42 Å². The van der Waals surface area contributed by atoms with Crippen molar-refractivity contribution in [2.24, 2.45) is 0 Å². The predicted molar refractivity (Wildman–Crippen MR) is 107 cm³/mol. The summed E-state index contributed by atoms with van der Waals surface area (Å²) >= 11 is 0. The molecule has 3 aromatic rings. The van der Waals surface area contributed by atoms with E-state index in [0.29, 0.717) is 0 Å². The van der Waals surface area contributed by atoms with Crippen molar-refractivity contribution in [3.63, 3.8) is 0 Å². The van der Waals surface area contributed by atoms with Gasteiger partial charge >= 0.3 is 6.18 Å². The zero-order valence-corrected chi connectivity index (χ0v) is 15.6. The molecule has 3 rings (SSSR count). The van der Waals surface area contributed by atoms with Crippen molar-refractivity contribution in [3.05, 3.63) is 91.0 Å². The molecule has 0 aromatic heterocycles. The average molecular weight is 389 g/mol. The maximum atomic E-state index is 13.0. The van der Waals surface area contributed by atoms with E-state index in [-0.39, 0.29) is 12.6 Å². The summed E-state index contributed by atoms with van der Waals surface area (Å²) < 4.78 is 39.0. The van der Waals surface area contributed by atoms with E-state index in [4.69, 9.17) is 0 Å². The fraction of sp³-hybridized carbons (Fsp3) is 0.182. The van der Waals surface area contributed by atoms with Gasteiger partial charge in [0.1, 0.15) is 23.2 Å². The summed E-state index contributed by atoms with van der Waals surface area (Å²) in [6.45, 7) is 0. The minimum atomic E-state index is -4.61. The molecule has 0 aliphatic heterocycles. The van der Waals surface area contributed by atoms with Crippen molar-refractivity contribution in [3.8, 4) is 0 Å². The van der Waals surface area contributed by atoms with Gasteiger partial charge in [0, 0.05) is 6.42 Å². The number of rotatable bonds is 6. The second kappa shape index (κ2) is 8.24. The monoisotopic (exact) mass is 389 g/mol. The SMILES string of the molecule is OC(CC[P+](c1ccccc1)(c1ccccc1)c1ccccc1)C(F)(F)F. The number of halogens is 3. The molecule has 5 heteroatoms. The third kappa shape index (κ3) is 4.23. The van der Waals surface area contributed by atoms with Gasteiger partial charge in [0.2, 0.25) is 0 Å². The lowest BCUT2D eigenvalue weighted by Gasteiger charge is -2.28. The molecular weight excluding hydrogens is 368 g/mol. The Kier molecular flexibility index (Phi) is 5.98. The zero-order chi connectivity index (χ0) is 19.3. The fourth-order valence-corrected chi connectivity index (χ4v) is 7.71. The second-order valence-electron chi connectivity index (χ2n) is 6.39. The summed E-state index contributed by atoms with van der Waals surface area (Å²) in [5, 5.41) is 12.7. The topological polar surface area (TPSA) is 20.2 Å². The molecule has 1 atom stereocenters. The molecule has 0 aliphatic carbocycles. The molecule has 0 spiro atoms. The quantitative estimate of drug-likeness (QED) is 0.624. The van der Waals surface area contributed by atoms with Crippen LogP contribution >= 0.6 is 7.26 Å². The molecule has 0 saturated carbocycles. The third-order valence-corrected chi connectivity index (χ3v) is 9.17. The number of alkyl halides is 3. The van der Waals surface area contributed by atoms with E-state index in [2.05, 4.69) is 0 Å². The summed E-state index contributed by atoms with van der Waals surface area (Å²) in [6, 6.07) is 29.1. The number of aliphatic hydroxyl groups is 1. The van der Waals surface area contributed by atoms with Crippen molar-refractivity contribution < 1.29 is 18.3 Å². The molecule has 1 unspecified atom stereocenters. The number of hydrogen-bond acceptors (Lipinski definition) is 1. The lowest BCUT2D eigenvalue weighted by molar-refractivity contribution is -0.203. The fourth-order valence-electron chi connectivity index (χ4n) is 3.36. The van der Waals surface area contributed by atoms with E-state index >= 15 is 0 Å². The smallest absolute Gasteiger partial charge is 0.384 e. The van der Waals surface area contributed by atoms with Crippen LogP contribution in [0.25, 0.3) is 0 Å². The Morgan fingerprint density at radius 2 is 1.00 bits per heavy atom. The first-order valence-corrected chi connectivity index (χ1v) is 10.7. The molecule has 27 heavy (non-hydrogen) atoms. The van der Waals surface area contributed by atoms with Crippen LogP contribution in [0.4, 0.5) is 13.2 Å². The van der Waals surface area contributed by atoms with Gasteiger partial charge in [-0.1, -0.05) is 54.6 Å². The first-order valence-electron chi connectivity index (χ1n) is 8.74. The largest absolute Gasteiger partial charge is 0.414 e. The Bertz CT molecular complexity index is 739. The molecule has 1 nitrogen and oxygen atoms in total. The third-order valence-electron chi connectivity index (χ3n) is 4.71. The highest BCUT2D eigenvalue weighted by atomic mass is 31.2. The van der Waals surface area contributed by atoms with E-state index in [0.717, 1.165) is 15.9 Å². The molecule has 0 amide bonds. The first-order chi connectivity index (χ1) is 12.9. The van der Waals surface area contributed by atoms with E-state index in [1.165, 1.54) is 0 Å². The van der Waals surface area contributed by atoms with Crippen molar-refractivity contribution in [2.75, 3.05) is 6.16 Å². The normalized spacial score (nSPS) is 13.3. The molecule has 0 radical (unpaired) electrons. The molecule has 0 heterocycles. The van der Waals surface area contributed by atoms with Crippen molar-refractivity contribution in [2.45, 2.75) is 18.7 Å². The predicted octanol–water partition coefficient (Wildman–Crippen LogP) is 4.29. The van der Waals surface area contributed by atoms with Crippen LogP contribution in [0.15, 0.2) is 91.0 Å². The summed E-state index contributed by atoms with van der Waals surface area (Å²) in [5.41, 5.74) is 0. The van der Waals surface area contributed by atoms with Gasteiger partial charge in [-0.3, -0.25) is 0 Å². The van der Waals surface area contributed by atoms with Crippen LogP contribution in [0.5, 0.6) is 0 Å². The Labute approximate surface area is 157 Å². The standard InChI is InChI=1S/C22H21F3OP/c23-22(24,25)21(26)16-17-27(18-10-4-1-5-11-18,19-12-6-2-7-13-19)20-14-8-3-9-15-20/h1-15,21,26H,16-17H2/q+1. The Morgan fingerprint density at radius 1 is 0.667 bits per heavy atom. The zero-order valence-electron chi connectivity index (χ0n) is 14.7. The molecule has 3 aromatic carbocycles. The summed E-state index contributed by atoms with van der Waals surface area (Å²) in [7, 11) is -2.34. The van der Waals surface area contributed by atoms with Crippen molar-refractivity contribution in [1.82, 2.24) is 0 Å². The molecule has 140 valence electrons. The highest BCUT2D eigenvalue weighted by Crippen LogP contribution is 2.56. The highest BCUT2D eigenvalue weighted by molar-refractivity contribution is 7.95. The van der Waals surface area contributed by atoms with Crippen LogP contribution in [0.2, 0.25) is 0 Å². The van der Waals surface area contributed by atoms with Crippen molar-refractivity contribution >= 4 is 23.2 Å². The Balaban J connectivity index is 2.17. The molecule has 0 aliphatic rings. The van der Waals surface area contributed by atoms with Gasteiger partial charge in [-0.05, 0) is 36.4 Å². The van der Waals surface area contributed by atoms with E-state index in [1.807, 2.05) is 91.0 Å². The first kappa shape index (κ1) is 19.6. The van der Waals surface area contributed by atoms with Crippen LogP contribution in [-0.4, -0.2) is 23.5 Å². The van der Waals surface area contributed by atoms with Crippen molar-refractivity contribution in [1.29, 1.82) is 0 Å².